The van der Waals surface area contributed by atoms with E-state index in [9.17, 15) is 9.59 Å². The Balaban J connectivity index is 2.19. The first-order chi connectivity index (χ1) is 8.99. The molecular formula is C13H24N2O3S. The average Bonchev–Trinajstić information content (AvgIpc) is 2.36. The highest BCUT2D eigenvalue weighted by Gasteiger charge is 2.19. The van der Waals surface area contributed by atoms with Crippen molar-refractivity contribution in [3.05, 3.63) is 0 Å². The van der Waals surface area contributed by atoms with Crippen LogP contribution in [0.4, 0.5) is 0 Å². The smallest absolute Gasteiger partial charge is 0.310 e. The SMILES string of the molecule is CC(C)OC(=O)C(C)CNC(=O)CC1CSCCN1. The van der Waals surface area contributed by atoms with Crippen LogP contribution in [-0.2, 0) is 14.3 Å². The Labute approximate surface area is 119 Å². The topological polar surface area (TPSA) is 67.4 Å². The molecule has 5 nitrogen and oxygen atoms in total. The van der Waals surface area contributed by atoms with E-state index >= 15 is 0 Å². The van der Waals surface area contributed by atoms with E-state index in [0.717, 1.165) is 18.1 Å². The van der Waals surface area contributed by atoms with Crippen LogP contribution in [0.2, 0.25) is 0 Å². The van der Waals surface area contributed by atoms with Crippen LogP contribution in [0.25, 0.3) is 0 Å². The average molecular weight is 288 g/mol. The predicted molar refractivity (Wildman–Crippen MR) is 77.1 cm³/mol. The van der Waals surface area contributed by atoms with E-state index in [1.807, 2.05) is 25.6 Å². The van der Waals surface area contributed by atoms with Crippen molar-refractivity contribution in [2.24, 2.45) is 5.92 Å². The van der Waals surface area contributed by atoms with Gasteiger partial charge in [0.15, 0.2) is 0 Å². The number of ether oxygens (including phenoxy) is 1. The number of thioether (sulfide) groups is 1. The second-order valence-electron chi connectivity index (χ2n) is 5.12. The van der Waals surface area contributed by atoms with E-state index in [0.29, 0.717) is 13.0 Å². The van der Waals surface area contributed by atoms with Gasteiger partial charge in [0, 0.05) is 37.1 Å². The zero-order valence-electron chi connectivity index (χ0n) is 11.9. The Bertz CT molecular complexity index is 304. The van der Waals surface area contributed by atoms with Gasteiger partial charge >= 0.3 is 5.97 Å². The van der Waals surface area contributed by atoms with Crippen molar-refractivity contribution in [3.8, 4) is 0 Å². The maximum Gasteiger partial charge on any atom is 0.310 e. The van der Waals surface area contributed by atoms with E-state index in [4.69, 9.17) is 4.74 Å². The van der Waals surface area contributed by atoms with E-state index in [2.05, 4.69) is 10.6 Å². The molecule has 6 heteroatoms. The summed E-state index contributed by atoms with van der Waals surface area (Å²) < 4.78 is 5.09. The largest absolute Gasteiger partial charge is 0.463 e. The maximum atomic E-state index is 11.7. The molecule has 1 heterocycles. The van der Waals surface area contributed by atoms with Gasteiger partial charge in [-0.2, -0.15) is 11.8 Å². The molecule has 1 rings (SSSR count). The lowest BCUT2D eigenvalue weighted by atomic mass is 10.1. The number of carbonyl (C=O) groups is 2. The molecule has 0 aromatic carbocycles. The molecule has 1 amide bonds. The quantitative estimate of drug-likeness (QED) is 0.707. The summed E-state index contributed by atoms with van der Waals surface area (Å²) in [5.41, 5.74) is 0. The molecule has 110 valence electrons. The van der Waals surface area contributed by atoms with Crippen LogP contribution in [-0.4, -0.2) is 48.6 Å². The number of hydrogen-bond donors (Lipinski definition) is 2. The molecule has 19 heavy (non-hydrogen) atoms. The van der Waals surface area contributed by atoms with Crippen molar-refractivity contribution in [3.63, 3.8) is 0 Å². The summed E-state index contributed by atoms with van der Waals surface area (Å²) in [5.74, 6) is 1.50. The molecule has 0 bridgehead atoms. The van der Waals surface area contributed by atoms with Crippen molar-refractivity contribution >= 4 is 23.6 Å². The molecule has 0 aliphatic carbocycles. The molecular weight excluding hydrogens is 264 g/mol. The minimum atomic E-state index is -0.306. The molecule has 1 saturated heterocycles. The standard InChI is InChI=1S/C13H24N2O3S/c1-9(2)18-13(17)10(3)7-15-12(16)6-11-8-19-5-4-14-11/h9-11,14H,4-8H2,1-3H3,(H,15,16). The lowest BCUT2D eigenvalue weighted by Crippen LogP contribution is -2.42. The minimum absolute atomic E-state index is 0.0100. The van der Waals surface area contributed by atoms with Crippen LogP contribution >= 0.6 is 11.8 Å². The van der Waals surface area contributed by atoms with Gasteiger partial charge in [0.1, 0.15) is 0 Å². The van der Waals surface area contributed by atoms with Gasteiger partial charge < -0.3 is 15.4 Å². The van der Waals surface area contributed by atoms with Gasteiger partial charge in [0.05, 0.1) is 12.0 Å². The molecule has 2 atom stereocenters. The fourth-order valence-electron chi connectivity index (χ4n) is 1.75. The first-order valence-corrected chi connectivity index (χ1v) is 7.92. The molecule has 2 N–H and O–H groups in total. The van der Waals surface area contributed by atoms with Crippen LogP contribution in [0.15, 0.2) is 0 Å². The van der Waals surface area contributed by atoms with Gasteiger partial charge in [-0.25, -0.2) is 0 Å². The third-order valence-corrected chi connectivity index (χ3v) is 3.92. The van der Waals surface area contributed by atoms with E-state index < -0.39 is 0 Å². The second kappa shape index (κ2) is 8.43. The van der Waals surface area contributed by atoms with Gasteiger partial charge in [-0.1, -0.05) is 6.92 Å². The van der Waals surface area contributed by atoms with Crippen molar-refractivity contribution in [1.82, 2.24) is 10.6 Å². The Hall–Kier alpha value is -0.750. The zero-order valence-corrected chi connectivity index (χ0v) is 12.7. The minimum Gasteiger partial charge on any atom is -0.463 e. The van der Waals surface area contributed by atoms with Gasteiger partial charge in [0.25, 0.3) is 0 Å². The molecule has 0 aromatic rings. The fourth-order valence-corrected chi connectivity index (χ4v) is 2.69. The number of amides is 1. The van der Waals surface area contributed by atoms with Crippen LogP contribution in [0.1, 0.15) is 27.2 Å². The number of hydrogen-bond acceptors (Lipinski definition) is 5. The number of carbonyl (C=O) groups excluding carboxylic acids is 2. The van der Waals surface area contributed by atoms with Gasteiger partial charge in [-0.3, -0.25) is 9.59 Å². The molecule has 0 spiro atoms. The third-order valence-electron chi connectivity index (χ3n) is 2.79. The maximum absolute atomic E-state index is 11.7. The molecule has 1 aliphatic heterocycles. The molecule has 0 saturated carbocycles. The summed E-state index contributed by atoms with van der Waals surface area (Å²) in [6.07, 6.45) is 0.355. The van der Waals surface area contributed by atoms with Gasteiger partial charge in [-0.15, -0.1) is 0 Å². The summed E-state index contributed by atoms with van der Waals surface area (Å²) in [7, 11) is 0. The van der Waals surface area contributed by atoms with Crippen molar-refractivity contribution in [1.29, 1.82) is 0 Å². The third kappa shape index (κ3) is 6.82. The van der Waals surface area contributed by atoms with Gasteiger partial charge in [0.2, 0.25) is 5.91 Å². The highest BCUT2D eigenvalue weighted by atomic mass is 32.2. The van der Waals surface area contributed by atoms with Crippen LogP contribution < -0.4 is 10.6 Å². The molecule has 1 fully saturated rings. The predicted octanol–water partition coefficient (Wildman–Crippen LogP) is 0.785. The second-order valence-corrected chi connectivity index (χ2v) is 6.27. The molecule has 2 unspecified atom stereocenters. The van der Waals surface area contributed by atoms with Crippen LogP contribution in [0.5, 0.6) is 0 Å². The normalized spacial score (nSPS) is 20.9. The summed E-state index contributed by atoms with van der Waals surface area (Å²) in [6.45, 7) is 6.69. The lowest BCUT2D eigenvalue weighted by Gasteiger charge is -2.22. The number of esters is 1. The zero-order chi connectivity index (χ0) is 14.3. The summed E-state index contributed by atoms with van der Waals surface area (Å²) in [6, 6.07) is 0.247. The Kier molecular flexibility index (Phi) is 7.23. The monoisotopic (exact) mass is 288 g/mol. The van der Waals surface area contributed by atoms with Gasteiger partial charge in [-0.05, 0) is 13.8 Å². The number of nitrogens with one attached hydrogen (secondary N) is 2. The Morgan fingerprint density at radius 2 is 2.16 bits per heavy atom. The summed E-state index contributed by atoms with van der Waals surface area (Å²) in [5, 5.41) is 6.11. The van der Waals surface area contributed by atoms with Crippen LogP contribution in [0.3, 0.4) is 0 Å². The van der Waals surface area contributed by atoms with Crippen LogP contribution in [0, 0.1) is 5.92 Å². The number of rotatable bonds is 6. The molecule has 0 aromatic heterocycles. The first kappa shape index (κ1) is 16.3. The summed E-state index contributed by atoms with van der Waals surface area (Å²) >= 11 is 1.86. The molecule has 0 radical (unpaired) electrons. The Morgan fingerprint density at radius 1 is 1.42 bits per heavy atom. The lowest BCUT2D eigenvalue weighted by molar-refractivity contribution is -0.151. The molecule has 1 aliphatic rings. The van der Waals surface area contributed by atoms with Crippen molar-refractivity contribution in [2.75, 3.05) is 24.6 Å². The van der Waals surface area contributed by atoms with E-state index in [1.165, 1.54) is 0 Å². The van der Waals surface area contributed by atoms with E-state index in [1.54, 1.807) is 6.92 Å². The van der Waals surface area contributed by atoms with E-state index in [-0.39, 0.29) is 29.9 Å². The fraction of sp³-hybridized carbons (Fsp3) is 0.846. The summed E-state index contributed by atoms with van der Waals surface area (Å²) in [4.78, 5) is 23.3. The first-order valence-electron chi connectivity index (χ1n) is 6.77. The van der Waals surface area contributed by atoms with Crippen molar-refractivity contribution in [2.45, 2.75) is 39.3 Å². The highest BCUT2D eigenvalue weighted by Crippen LogP contribution is 2.10. The highest BCUT2D eigenvalue weighted by molar-refractivity contribution is 7.99. The van der Waals surface area contributed by atoms with Crippen molar-refractivity contribution < 1.29 is 14.3 Å². The Morgan fingerprint density at radius 3 is 2.74 bits per heavy atom.